The Bertz CT molecular complexity index is 626. The van der Waals surface area contributed by atoms with Crippen molar-refractivity contribution in [3.05, 3.63) is 71.8 Å². The van der Waals surface area contributed by atoms with E-state index in [1.807, 2.05) is 60.7 Å². The molecule has 4 heteroatoms. The van der Waals surface area contributed by atoms with E-state index in [1.165, 1.54) is 0 Å². The van der Waals surface area contributed by atoms with Crippen LogP contribution in [-0.4, -0.2) is 29.9 Å². The summed E-state index contributed by atoms with van der Waals surface area (Å²) in [5, 5.41) is 10.4. The van der Waals surface area contributed by atoms with Crippen molar-refractivity contribution in [2.75, 3.05) is 6.61 Å². The van der Waals surface area contributed by atoms with E-state index in [9.17, 15) is 9.90 Å². The van der Waals surface area contributed by atoms with E-state index >= 15 is 0 Å². The molecule has 1 saturated heterocycles. The number of carbonyl (C=O) groups excluding carboxylic acids is 1. The summed E-state index contributed by atoms with van der Waals surface area (Å²) in [4.78, 5) is 12.1. The van der Waals surface area contributed by atoms with Gasteiger partial charge in [0.05, 0.1) is 12.7 Å². The summed E-state index contributed by atoms with van der Waals surface area (Å²) in [6.45, 7) is 0.552. The Morgan fingerprint density at radius 1 is 1.04 bits per heavy atom. The maximum Gasteiger partial charge on any atom is 0.338 e. The highest BCUT2D eigenvalue weighted by molar-refractivity contribution is 5.75. The number of aliphatic hydroxyl groups is 1. The highest BCUT2D eigenvalue weighted by atomic mass is 16.6. The van der Waals surface area contributed by atoms with Gasteiger partial charge in [-0.05, 0) is 17.5 Å². The smallest absolute Gasteiger partial charge is 0.338 e. The number of ether oxygens (including phenoxy) is 2. The van der Waals surface area contributed by atoms with Crippen LogP contribution in [0.4, 0.5) is 0 Å². The first-order valence-corrected chi connectivity index (χ1v) is 7.78. The lowest BCUT2D eigenvalue weighted by molar-refractivity contribution is -0.159. The molecule has 1 N–H and O–H groups in total. The minimum absolute atomic E-state index is 0.0910. The number of esters is 1. The van der Waals surface area contributed by atoms with Gasteiger partial charge in [-0.3, -0.25) is 0 Å². The molecular formula is C19H20O4. The predicted octanol–water partition coefficient (Wildman–Crippen LogP) is 2.35. The third-order valence-corrected chi connectivity index (χ3v) is 4.08. The number of hydrogen-bond acceptors (Lipinski definition) is 4. The molecule has 23 heavy (non-hydrogen) atoms. The summed E-state index contributed by atoms with van der Waals surface area (Å²) in [7, 11) is 0. The Hall–Kier alpha value is -2.17. The normalized spacial score (nSPS) is 23.6. The van der Waals surface area contributed by atoms with Gasteiger partial charge in [0.15, 0.2) is 6.10 Å². The van der Waals surface area contributed by atoms with Gasteiger partial charge >= 0.3 is 5.97 Å². The molecular weight excluding hydrogens is 292 g/mol. The standard InChI is InChI=1S/C19H20O4/c20-17-16(11-14-7-3-1-4-8-14)13-22-18(17)19(21)23-12-15-9-5-2-6-10-15/h1-10,16-18,20H,11-13H2/t16-,17+,18+/m0/s1. The van der Waals surface area contributed by atoms with Crippen molar-refractivity contribution < 1.29 is 19.4 Å². The lowest BCUT2D eigenvalue weighted by Gasteiger charge is -2.16. The highest BCUT2D eigenvalue weighted by Gasteiger charge is 2.41. The number of aliphatic hydroxyl groups excluding tert-OH is 1. The van der Waals surface area contributed by atoms with Crippen LogP contribution >= 0.6 is 0 Å². The Kier molecular flexibility index (Phi) is 5.05. The van der Waals surface area contributed by atoms with E-state index in [0.717, 1.165) is 11.1 Å². The van der Waals surface area contributed by atoms with E-state index < -0.39 is 18.2 Å². The molecule has 1 heterocycles. The van der Waals surface area contributed by atoms with E-state index in [-0.39, 0.29) is 12.5 Å². The molecule has 0 spiro atoms. The number of rotatable bonds is 5. The average Bonchev–Trinajstić information content (AvgIpc) is 2.95. The van der Waals surface area contributed by atoms with Crippen LogP contribution in [0.1, 0.15) is 11.1 Å². The first-order valence-electron chi connectivity index (χ1n) is 7.78. The van der Waals surface area contributed by atoms with E-state index in [0.29, 0.717) is 13.0 Å². The summed E-state index contributed by atoms with van der Waals surface area (Å²) in [6.07, 6.45) is -1.05. The van der Waals surface area contributed by atoms with Crippen molar-refractivity contribution in [3.8, 4) is 0 Å². The highest BCUT2D eigenvalue weighted by Crippen LogP contribution is 2.25. The van der Waals surface area contributed by atoms with Crippen LogP contribution in [-0.2, 0) is 27.3 Å². The average molecular weight is 312 g/mol. The largest absolute Gasteiger partial charge is 0.459 e. The molecule has 4 nitrogen and oxygen atoms in total. The van der Waals surface area contributed by atoms with Gasteiger partial charge in [0, 0.05) is 5.92 Å². The molecule has 1 fully saturated rings. The van der Waals surface area contributed by atoms with E-state index in [2.05, 4.69) is 0 Å². The molecule has 0 aromatic heterocycles. The van der Waals surface area contributed by atoms with Crippen molar-refractivity contribution in [1.82, 2.24) is 0 Å². The minimum Gasteiger partial charge on any atom is -0.459 e. The third-order valence-electron chi connectivity index (χ3n) is 4.08. The van der Waals surface area contributed by atoms with Gasteiger partial charge < -0.3 is 14.6 Å². The fourth-order valence-corrected chi connectivity index (χ4v) is 2.79. The SMILES string of the molecule is O=C(OCc1ccccc1)[C@@H]1OC[C@H](Cc2ccccc2)[C@H]1O. The van der Waals surface area contributed by atoms with Crippen LogP contribution in [0.3, 0.4) is 0 Å². The molecule has 2 aromatic carbocycles. The number of carbonyl (C=O) groups is 1. The maximum atomic E-state index is 12.1. The fraction of sp³-hybridized carbons (Fsp3) is 0.316. The van der Waals surface area contributed by atoms with Crippen LogP contribution in [0.2, 0.25) is 0 Å². The Morgan fingerprint density at radius 3 is 2.30 bits per heavy atom. The van der Waals surface area contributed by atoms with Crippen LogP contribution in [0.5, 0.6) is 0 Å². The quantitative estimate of drug-likeness (QED) is 0.861. The molecule has 0 radical (unpaired) electrons. The summed E-state index contributed by atoms with van der Waals surface area (Å²) < 4.78 is 10.7. The summed E-state index contributed by atoms with van der Waals surface area (Å²) in [5.74, 6) is -0.594. The van der Waals surface area contributed by atoms with E-state index in [4.69, 9.17) is 9.47 Å². The summed E-state index contributed by atoms with van der Waals surface area (Å²) in [6, 6.07) is 19.3. The van der Waals surface area contributed by atoms with Crippen LogP contribution in [0.15, 0.2) is 60.7 Å². The molecule has 1 aliphatic heterocycles. The molecule has 0 aliphatic carbocycles. The number of hydrogen-bond donors (Lipinski definition) is 1. The van der Waals surface area contributed by atoms with Crippen molar-refractivity contribution in [2.24, 2.45) is 5.92 Å². The van der Waals surface area contributed by atoms with Gasteiger partial charge in [0.2, 0.25) is 0 Å². The second-order valence-electron chi connectivity index (χ2n) is 5.79. The van der Waals surface area contributed by atoms with Crippen molar-refractivity contribution >= 4 is 5.97 Å². The van der Waals surface area contributed by atoms with Crippen LogP contribution in [0.25, 0.3) is 0 Å². The van der Waals surface area contributed by atoms with Gasteiger partial charge in [-0.1, -0.05) is 60.7 Å². The first-order chi connectivity index (χ1) is 11.2. The third kappa shape index (κ3) is 3.97. The molecule has 1 aliphatic rings. The Labute approximate surface area is 135 Å². The maximum absolute atomic E-state index is 12.1. The first kappa shape index (κ1) is 15.7. The molecule has 0 amide bonds. The predicted molar refractivity (Wildman–Crippen MR) is 85.6 cm³/mol. The van der Waals surface area contributed by atoms with Gasteiger partial charge in [0.25, 0.3) is 0 Å². The Balaban J connectivity index is 1.53. The lowest BCUT2D eigenvalue weighted by Crippen LogP contribution is -2.35. The molecule has 3 atom stereocenters. The molecule has 0 saturated carbocycles. The zero-order valence-electron chi connectivity index (χ0n) is 12.8. The lowest BCUT2D eigenvalue weighted by atomic mass is 9.94. The van der Waals surface area contributed by atoms with Gasteiger partial charge in [-0.2, -0.15) is 0 Å². The van der Waals surface area contributed by atoms with E-state index in [1.54, 1.807) is 0 Å². The molecule has 0 unspecified atom stereocenters. The minimum atomic E-state index is -0.896. The van der Waals surface area contributed by atoms with Crippen LogP contribution < -0.4 is 0 Å². The summed E-state index contributed by atoms with van der Waals surface area (Å²) >= 11 is 0. The fourth-order valence-electron chi connectivity index (χ4n) is 2.79. The summed E-state index contributed by atoms with van der Waals surface area (Å²) in [5.41, 5.74) is 2.03. The molecule has 120 valence electrons. The second kappa shape index (κ2) is 7.40. The molecule has 0 bridgehead atoms. The zero-order chi connectivity index (χ0) is 16.1. The zero-order valence-corrected chi connectivity index (χ0v) is 12.8. The van der Waals surface area contributed by atoms with Gasteiger partial charge in [0.1, 0.15) is 6.61 Å². The van der Waals surface area contributed by atoms with Gasteiger partial charge in [-0.25, -0.2) is 4.79 Å². The van der Waals surface area contributed by atoms with Crippen LogP contribution in [0, 0.1) is 5.92 Å². The number of benzene rings is 2. The van der Waals surface area contributed by atoms with Gasteiger partial charge in [-0.15, -0.1) is 0 Å². The van der Waals surface area contributed by atoms with Crippen molar-refractivity contribution in [3.63, 3.8) is 0 Å². The Morgan fingerprint density at radius 2 is 1.65 bits per heavy atom. The van der Waals surface area contributed by atoms with Crippen molar-refractivity contribution in [2.45, 2.75) is 25.2 Å². The topological polar surface area (TPSA) is 55.8 Å². The molecule has 3 rings (SSSR count). The van der Waals surface area contributed by atoms with Crippen molar-refractivity contribution in [1.29, 1.82) is 0 Å². The molecule has 2 aromatic rings. The second-order valence-corrected chi connectivity index (χ2v) is 5.79. The monoisotopic (exact) mass is 312 g/mol.